The molecule has 0 fully saturated rings. The normalized spacial score (nSPS) is 8.80. The van der Waals surface area contributed by atoms with E-state index in [1.165, 1.54) is 24.5 Å². The van der Waals surface area contributed by atoms with E-state index in [2.05, 4.69) is 9.72 Å². The maximum atomic E-state index is 9.93. The van der Waals surface area contributed by atoms with Crippen LogP contribution in [0.3, 0.4) is 0 Å². The summed E-state index contributed by atoms with van der Waals surface area (Å²) in [5.41, 5.74) is 0. The quantitative estimate of drug-likeness (QED) is 0.592. The summed E-state index contributed by atoms with van der Waals surface area (Å²) in [5, 5.41) is 8.12. The summed E-state index contributed by atoms with van der Waals surface area (Å²) in [6.45, 7) is 0. The molecule has 1 aromatic heterocycles. The van der Waals surface area contributed by atoms with Gasteiger partial charge >= 0.3 is 6.16 Å². The van der Waals surface area contributed by atoms with E-state index in [0.29, 0.717) is 0 Å². The Morgan fingerprint density at radius 2 is 2.10 bits per heavy atom. The number of aromatic nitrogens is 1. The molecule has 0 atom stereocenters. The number of carbonyl (C=O) groups is 1. The average molecular weight is 139 g/mol. The fourth-order valence-electron chi connectivity index (χ4n) is 0.507. The Morgan fingerprint density at radius 1 is 1.50 bits per heavy atom. The van der Waals surface area contributed by atoms with Crippen LogP contribution in [0.15, 0.2) is 24.5 Å². The molecular weight excluding hydrogens is 134 g/mol. The van der Waals surface area contributed by atoms with E-state index in [0.717, 1.165) is 0 Å². The van der Waals surface area contributed by atoms with Crippen molar-refractivity contribution in [3.8, 4) is 5.75 Å². The Balaban J connectivity index is 2.67. The van der Waals surface area contributed by atoms with E-state index in [1.54, 1.807) is 0 Å². The van der Waals surface area contributed by atoms with Crippen LogP contribution in [0.2, 0.25) is 0 Å². The fraction of sp³-hybridized carbons (Fsp3) is 0. The van der Waals surface area contributed by atoms with Crippen LogP contribution in [0.1, 0.15) is 0 Å². The summed E-state index contributed by atoms with van der Waals surface area (Å²) in [5.74, 6) is 0.280. The summed E-state index contributed by atoms with van der Waals surface area (Å²) in [6.07, 6.45) is 1.60. The number of pyridine rings is 1. The molecule has 4 heteroatoms. The van der Waals surface area contributed by atoms with Gasteiger partial charge < -0.3 is 9.84 Å². The zero-order chi connectivity index (χ0) is 7.40. The fourth-order valence-corrected chi connectivity index (χ4v) is 0.507. The molecule has 1 heterocycles. The van der Waals surface area contributed by atoms with Crippen LogP contribution in [0.25, 0.3) is 0 Å². The van der Waals surface area contributed by atoms with Gasteiger partial charge in [0, 0.05) is 12.4 Å². The highest BCUT2D eigenvalue weighted by Gasteiger charge is 1.96. The number of rotatable bonds is 1. The first-order valence-corrected chi connectivity index (χ1v) is 2.60. The summed E-state index contributed by atoms with van der Waals surface area (Å²) in [4.78, 5) is 13.6. The molecule has 0 amide bonds. The van der Waals surface area contributed by atoms with Crippen LogP contribution in [0.5, 0.6) is 5.75 Å². The van der Waals surface area contributed by atoms with Crippen molar-refractivity contribution in [3.63, 3.8) is 0 Å². The molecule has 0 saturated heterocycles. The van der Waals surface area contributed by atoms with Crippen LogP contribution in [-0.2, 0) is 0 Å². The molecule has 52 valence electrons. The summed E-state index contributed by atoms with van der Waals surface area (Å²) in [7, 11) is 0. The van der Waals surface area contributed by atoms with Crippen molar-refractivity contribution in [2.45, 2.75) is 0 Å². The van der Waals surface area contributed by atoms with Crippen LogP contribution >= 0.6 is 0 Å². The highest BCUT2D eigenvalue weighted by atomic mass is 16.7. The molecule has 0 aliphatic carbocycles. The molecule has 0 spiro atoms. The van der Waals surface area contributed by atoms with Crippen LogP contribution in [0, 0.1) is 0 Å². The van der Waals surface area contributed by atoms with Gasteiger partial charge in [-0.1, -0.05) is 0 Å². The molecule has 4 nitrogen and oxygen atoms in total. The van der Waals surface area contributed by atoms with Gasteiger partial charge in [-0.15, -0.1) is 0 Å². The molecule has 0 aliphatic rings. The highest BCUT2D eigenvalue weighted by Crippen LogP contribution is 2.05. The highest BCUT2D eigenvalue weighted by molar-refractivity contribution is 5.60. The molecule has 1 rings (SSSR count). The van der Waals surface area contributed by atoms with Gasteiger partial charge in [0.2, 0.25) is 0 Å². The van der Waals surface area contributed by atoms with Crippen LogP contribution in [-0.4, -0.2) is 16.2 Å². The smallest absolute Gasteiger partial charge is 0.449 e. The second-order valence-corrected chi connectivity index (χ2v) is 1.55. The lowest BCUT2D eigenvalue weighted by atomic mass is 10.5. The standard InChI is InChI=1S/C6H5NO3/c8-6(9)10-5-1-3-7-4-2-5/h1-4H,(H,8,9). The Hall–Kier alpha value is -1.58. The molecular formula is C6H5NO3. The number of hydrogen-bond donors (Lipinski definition) is 1. The average Bonchev–Trinajstić information content (AvgIpc) is 1.88. The minimum Gasteiger partial charge on any atom is -0.449 e. The van der Waals surface area contributed by atoms with Crippen molar-refractivity contribution in [1.29, 1.82) is 0 Å². The van der Waals surface area contributed by atoms with Crippen LogP contribution < -0.4 is 4.74 Å². The molecule has 1 aromatic rings. The topological polar surface area (TPSA) is 59.4 Å². The van der Waals surface area contributed by atoms with E-state index >= 15 is 0 Å². The minimum atomic E-state index is -1.31. The van der Waals surface area contributed by atoms with Crippen molar-refractivity contribution in [2.24, 2.45) is 0 Å². The summed E-state index contributed by atoms with van der Waals surface area (Å²) < 4.78 is 4.29. The number of ether oxygens (including phenoxy) is 1. The zero-order valence-electron chi connectivity index (χ0n) is 5.02. The van der Waals surface area contributed by atoms with Gasteiger partial charge in [-0.25, -0.2) is 4.79 Å². The first-order valence-electron chi connectivity index (χ1n) is 2.60. The maximum Gasteiger partial charge on any atom is 0.511 e. The SMILES string of the molecule is O=C(O)Oc1ccncc1. The lowest BCUT2D eigenvalue weighted by molar-refractivity contribution is 0.144. The first-order chi connectivity index (χ1) is 4.79. The molecule has 0 bridgehead atoms. The van der Waals surface area contributed by atoms with Gasteiger partial charge in [-0.2, -0.15) is 0 Å². The van der Waals surface area contributed by atoms with E-state index in [9.17, 15) is 4.79 Å². The maximum absolute atomic E-state index is 9.93. The van der Waals surface area contributed by atoms with Gasteiger partial charge in [0.15, 0.2) is 0 Å². The second-order valence-electron chi connectivity index (χ2n) is 1.55. The third kappa shape index (κ3) is 1.74. The van der Waals surface area contributed by atoms with Crippen molar-refractivity contribution >= 4 is 6.16 Å². The number of nitrogens with zero attached hydrogens (tertiary/aromatic N) is 1. The Kier molecular flexibility index (Phi) is 1.84. The predicted molar refractivity (Wildman–Crippen MR) is 32.9 cm³/mol. The Labute approximate surface area is 57.1 Å². The minimum absolute atomic E-state index is 0.280. The van der Waals surface area contributed by atoms with E-state index in [4.69, 9.17) is 5.11 Å². The predicted octanol–water partition coefficient (Wildman–Crippen LogP) is 1.14. The monoisotopic (exact) mass is 139 g/mol. The van der Waals surface area contributed by atoms with E-state index < -0.39 is 6.16 Å². The number of hydrogen-bond acceptors (Lipinski definition) is 3. The summed E-state index contributed by atoms with van der Waals surface area (Å²) >= 11 is 0. The van der Waals surface area contributed by atoms with Crippen molar-refractivity contribution in [1.82, 2.24) is 4.98 Å². The Bertz CT molecular complexity index is 222. The van der Waals surface area contributed by atoms with Gasteiger partial charge in [0.05, 0.1) is 0 Å². The first kappa shape index (κ1) is 6.54. The van der Waals surface area contributed by atoms with Gasteiger partial charge in [0.1, 0.15) is 5.75 Å². The van der Waals surface area contributed by atoms with E-state index in [-0.39, 0.29) is 5.75 Å². The lowest BCUT2D eigenvalue weighted by Gasteiger charge is -1.95. The zero-order valence-corrected chi connectivity index (χ0v) is 5.02. The second kappa shape index (κ2) is 2.82. The Morgan fingerprint density at radius 3 is 2.60 bits per heavy atom. The third-order valence-electron chi connectivity index (χ3n) is 0.855. The molecule has 10 heavy (non-hydrogen) atoms. The third-order valence-corrected chi connectivity index (χ3v) is 0.855. The lowest BCUT2D eigenvalue weighted by Crippen LogP contribution is -2.02. The van der Waals surface area contributed by atoms with Gasteiger partial charge in [0.25, 0.3) is 0 Å². The van der Waals surface area contributed by atoms with Gasteiger partial charge in [-0.05, 0) is 12.1 Å². The molecule has 0 aliphatic heterocycles. The molecule has 0 aromatic carbocycles. The van der Waals surface area contributed by atoms with Crippen LogP contribution in [0.4, 0.5) is 4.79 Å². The number of carboxylic acid groups (broad SMARTS) is 1. The van der Waals surface area contributed by atoms with Crippen molar-refractivity contribution < 1.29 is 14.6 Å². The van der Waals surface area contributed by atoms with Crippen molar-refractivity contribution in [2.75, 3.05) is 0 Å². The largest absolute Gasteiger partial charge is 0.511 e. The molecule has 0 radical (unpaired) electrons. The molecule has 0 saturated carbocycles. The van der Waals surface area contributed by atoms with E-state index in [1.807, 2.05) is 0 Å². The summed E-state index contributed by atoms with van der Waals surface area (Å²) in [6, 6.07) is 2.93. The van der Waals surface area contributed by atoms with Crippen molar-refractivity contribution in [3.05, 3.63) is 24.5 Å². The van der Waals surface area contributed by atoms with Gasteiger partial charge in [-0.3, -0.25) is 4.98 Å². The molecule has 1 N–H and O–H groups in total. The molecule has 0 unspecified atom stereocenters.